The SMILES string of the molecule is Cc1cc(C)c(S(=O)(=O)NC(/C=C\CO)C(C)C)c(C)c1. The maximum absolute atomic E-state index is 12.7. The van der Waals surface area contributed by atoms with Gasteiger partial charge in [0.1, 0.15) is 0 Å². The summed E-state index contributed by atoms with van der Waals surface area (Å²) in [5.41, 5.74) is 2.53. The van der Waals surface area contributed by atoms with Crippen LogP contribution in [-0.4, -0.2) is 26.2 Å². The van der Waals surface area contributed by atoms with E-state index in [2.05, 4.69) is 4.72 Å². The number of hydrogen-bond donors (Lipinski definition) is 2. The summed E-state index contributed by atoms with van der Waals surface area (Å²) < 4.78 is 28.0. The molecule has 0 saturated heterocycles. The molecular weight excluding hydrogens is 286 g/mol. The molecule has 0 aromatic heterocycles. The van der Waals surface area contributed by atoms with E-state index in [0.29, 0.717) is 4.90 Å². The number of hydrogen-bond acceptors (Lipinski definition) is 3. The quantitative estimate of drug-likeness (QED) is 0.793. The minimum absolute atomic E-state index is 0.0913. The zero-order chi connectivity index (χ0) is 16.2. The van der Waals surface area contributed by atoms with Crippen LogP contribution in [0.25, 0.3) is 0 Å². The summed E-state index contributed by atoms with van der Waals surface area (Å²) in [6.07, 6.45) is 3.25. The van der Waals surface area contributed by atoms with E-state index in [1.54, 1.807) is 12.2 Å². The monoisotopic (exact) mass is 311 g/mol. The molecule has 1 atom stereocenters. The van der Waals surface area contributed by atoms with Gasteiger partial charge in [-0.3, -0.25) is 0 Å². The third kappa shape index (κ3) is 4.66. The molecule has 2 N–H and O–H groups in total. The lowest BCUT2D eigenvalue weighted by Crippen LogP contribution is -2.37. The molecule has 0 spiro atoms. The summed E-state index contributed by atoms with van der Waals surface area (Å²) in [6.45, 7) is 9.33. The number of rotatable bonds is 6. The van der Waals surface area contributed by atoms with Crippen molar-refractivity contribution in [3.05, 3.63) is 41.0 Å². The first-order valence-electron chi connectivity index (χ1n) is 7.06. The van der Waals surface area contributed by atoms with Gasteiger partial charge in [0.2, 0.25) is 10.0 Å². The zero-order valence-corrected chi connectivity index (χ0v) is 14.2. The Morgan fingerprint density at radius 1 is 1.19 bits per heavy atom. The van der Waals surface area contributed by atoms with Crippen molar-refractivity contribution in [1.29, 1.82) is 0 Å². The van der Waals surface area contributed by atoms with Crippen LogP contribution in [0, 0.1) is 26.7 Å². The van der Waals surface area contributed by atoms with Gasteiger partial charge >= 0.3 is 0 Å². The van der Waals surface area contributed by atoms with Crippen molar-refractivity contribution in [2.75, 3.05) is 6.61 Å². The van der Waals surface area contributed by atoms with E-state index < -0.39 is 10.0 Å². The van der Waals surface area contributed by atoms with E-state index in [0.717, 1.165) is 16.7 Å². The predicted octanol–water partition coefficient (Wildman–Crippen LogP) is 2.46. The summed E-state index contributed by atoms with van der Waals surface area (Å²) in [5.74, 6) is 0.0913. The minimum atomic E-state index is -3.60. The highest BCUT2D eigenvalue weighted by atomic mass is 32.2. The fourth-order valence-electron chi connectivity index (χ4n) is 2.43. The van der Waals surface area contributed by atoms with Crippen LogP contribution in [0.2, 0.25) is 0 Å². The summed E-state index contributed by atoms with van der Waals surface area (Å²) in [5, 5.41) is 8.87. The van der Waals surface area contributed by atoms with Crippen molar-refractivity contribution in [2.45, 2.75) is 45.6 Å². The van der Waals surface area contributed by atoms with Gasteiger partial charge in [0.15, 0.2) is 0 Å². The highest BCUT2D eigenvalue weighted by molar-refractivity contribution is 7.89. The maximum Gasteiger partial charge on any atom is 0.241 e. The van der Waals surface area contributed by atoms with E-state index in [9.17, 15) is 8.42 Å². The third-order valence-corrected chi connectivity index (χ3v) is 5.10. The second-order valence-corrected chi connectivity index (χ2v) is 7.38. The van der Waals surface area contributed by atoms with Crippen molar-refractivity contribution >= 4 is 10.0 Å². The first-order valence-corrected chi connectivity index (χ1v) is 8.55. The Bertz CT molecular complexity index is 595. The average Bonchev–Trinajstić information content (AvgIpc) is 2.32. The number of aryl methyl sites for hydroxylation is 3. The Morgan fingerprint density at radius 3 is 2.14 bits per heavy atom. The van der Waals surface area contributed by atoms with E-state index >= 15 is 0 Å². The first-order chi connectivity index (χ1) is 9.69. The summed E-state index contributed by atoms with van der Waals surface area (Å²) in [4.78, 5) is 0.344. The molecule has 0 heterocycles. The fraction of sp³-hybridized carbons (Fsp3) is 0.500. The number of aliphatic hydroxyl groups is 1. The van der Waals surface area contributed by atoms with Crippen LogP contribution in [0.4, 0.5) is 0 Å². The largest absolute Gasteiger partial charge is 0.392 e. The molecule has 4 nitrogen and oxygen atoms in total. The maximum atomic E-state index is 12.7. The van der Waals surface area contributed by atoms with Crippen LogP contribution in [0.3, 0.4) is 0 Å². The van der Waals surface area contributed by atoms with Gasteiger partial charge in [-0.1, -0.05) is 43.7 Å². The highest BCUT2D eigenvalue weighted by Crippen LogP contribution is 2.22. The zero-order valence-electron chi connectivity index (χ0n) is 13.3. The first kappa shape index (κ1) is 17.9. The Kier molecular flexibility index (Phi) is 6.13. The Morgan fingerprint density at radius 2 is 1.71 bits per heavy atom. The van der Waals surface area contributed by atoms with E-state index in [4.69, 9.17) is 5.11 Å². The molecule has 1 aromatic carbocycles. The van der Waals surface area contributed by atoms with Gasteiger partial charge < -0.3 is 5.11 Å². The van der Waals surface area contributed by atoms with Crippen LogP contribution in [0.15, 0.2) is 29.2 Å². The lowest BCUT2D eigenvalue weighted by molar-refractivity contribution is 0.341. The molecule has 0 saturated carbocycles. The normalized spacial score (nSPS) is 14.0. The van der Waals surface area contributed by atoms with Gasteiger partial charge in [0, 0.05) is 6.04 Å². The van der Waals surface area contributed by atoms with Crippen molar-refractivity contribution in [2.24, 2.45) is 5.92 Å². The van der Waals surface area contributed by atoms with Crippen LogP contribution in [0.1, 0.15) is 30.5 Å². The standard InChI is InChI=1S/C16H25NO3S/c1-11(2)15(7-6-8-18)17-21(19,20)16-13(4)9-12(3)10-14(16)5/h6-7,9-11,15,17-18H,8H2,1-5H3/b7-6-. The predicted molar refractivity (Wildman–Crippen MR) is 85.8 cm³/mol. The molecule has 0 amide bonds. The Labute approximate surface area is 127 Å². The van der Waals surface area contributed by atoms with Gasteiger partial charge in [-0.05, 0) is 37.8 Å². The number of sulfonamides is 1. The molecule has 0 aliphatic rings. The average molecular weight is 311 g/mol. The lowest BCUT2D eigenvalue weighted by atomic mass is 10.1. The van der Waals surface area contributed by atoms with Crippen molar-refractivity contribution in [3.8, 4) is 0 Å². The van der Waals surface area contributed by atoms with Gasteiger partial charge in [-0.25, -0.2) is 13.1 Å². The second kappa shape index (κ2) is 7.20. The minimum Gasteiger partial charge on any atom is -0.392 e. The molecule has 1 unspecified atom stereocenters. The molecule has 118 valence electrons. The number of nitrogens with one attached hydrogen (secondary N) is 1. The van der Waals surface area contributed by atoms with Crippen LogP contribution in [-0.2, 0) is 10.0 Å². The van der Waals surface area contributed by atoms with Crippen molar-refractivity contribution in [3.63, 3.8) is 0 Å². The van der Waals surface area contributed by atoms with Crippen molar-refractivity contribution < 1.29 is 13.5 Å². The van der Waals surface area contributed by atoms with Crippen LogP contribution >= 0.6 is 0 Å². The third-order valence-electron chi connectivity index (χ3n) is 3.33. The van der Waals surface area contributed by atoms with Gasteiger partial charge in [0.25, 0.3) is 0 Å². The summed E-state index contributed by atoms with van der Waals surface area (Å²) in [7, 11) is -3.60. The Hall–Kier alpha value is -1.17. The molecule has 0 aliphatic carbocycles. The van der Waals surface area contributed by atoms with Crippen LogP contribution in [0.5, 0.6) is 0 Å². The molecular formula is C16H25NO3S. The molecule has 5 heteroatoms. The molecule has 1 aromatic rings. The summed E-state index contributed by atoms with van der Waals surface area (Å²) in [6, 6.07) is 3.40. The Balaban J connectivity index is 3.20. The molecule has 0 fully saturated rings. The summed E-state index contributed by atoms with van der Waals surface area (Å²) >= 11 is 0. The van der Waals surface area contributed by atoms with Crippen LogP contribution < -0.4 is 4.72 Å². The van der Waals surface area contributed by atoms with Crippen molar-refractivity contribution in [1.82, 2.24) is 4.72 Å². The van der Waals surface area contributed by atoms with E-state index in [1.807, 2.05) is 46.8 Å². The molecule has 21 heavy (non-hydrogen) atoms. The van der Waals surface area contributed by atoms with E-state index in [1.165, 1.54) is 0 Å². The van der Waals surface area contributed by atoms with E-state index in [-0.39, 0.29) is 18.6 Å². The number of aliphatic hydroxyl groups excluding tert-OH is 1. The molecule has 1 rings (SSSR count). The molecule has 0 bridgehead atoms. The van der Waals surface area contributed by atoms with Gasteiger partial charge in [-0.15, -0.1) is 0 Å². The van der Waals surface area contributed by atoms with Gasteiger partial charge in [-0.2, -0.15) is 0 Å². The van der Waals surface area contributed by atoms with Gasteiger partial charge in [0.05, 0.1) is 11.5 Å². The fourth-order valence-corrected chi connectivity index (χ4v) is 4.23. The topological polar surface area (TPSA) is 66.4 Å². The molecule has 0 aliphatic heterocycles. The molecule has 0 radical (unpaired) electrons. The smallest absolute Gasteiger partial charge is 0.241 e. The highest BCUT2D eigenvalue weighted by Gasteiger charge is 2.24. The lowest BCUT2D eigenvalue weighted by Gasteiger charge is -2.21. The second-order valence-electron chi connectivity index (χ2n) is 5.73. The number of benzene rings is 1.